The number of hydrogen-bond donors (Lipinski definition) is 2. The molecule has 0 spiro atoms. The van der Waals surface area contributed by atoms with Gasteiger partial charge in [-0.3, -0.25) is 9.59 Å². The Bertz CT molecular complexity index is 393. The molecule has 0 bridgehead atoms. The minimum absolute atomic E-state index is 0.325. The molecule has 5 heteroatoms. The number of carbonyl (C=O) groups excluding carboxylic acids is 1. The number of aromatic nitrogens is 1. The Balaban J connectivity index is 2.04. The molecule has 1 amide bonds. The van der Waals surface area contributed by atoms with E-state index >= 15 is 0 Å². The number of carboxylic acid groups (broad SMARTS) is 1. The van der Waals surface area contributed by atoms with Crippen LogP contribution in [0.15, 0.2) is 18.3 Å². The third-order valence-corrected chi connectivity index (χ3v) is 2.35. The van der Waals surface area contributed by atoms with Crippen molar-refractivity contribution in [3.05, 3.63) is 24.0 Å². The van der Waals surface area contributed by atoms with Crippen molar-refractivity contribution in [2.24, 2.45) is 0 Å². The fourth-order valence-electron chi connectivity index (χ4n) is 1.50. The molecule has 1 aromatic rings. The van der Waals surface area contributed by atoms with Crippen LogP contribution in [0.2, 0.25) is 0 Å². The van der Waals surface area contributed by atoms with Crippen LogP contribution in [-0.4, -0.2) is 28.1 Å². The number of nitrogens with zero attached hydrogens (tertiary/aromatic N) is 1. The molecule has 1 fully saturated rings. The third kappa shape index (κ3) is 2.18. The summed E-state index contributed by atoms with van der Waals surface area (Å²) in [5.74, 6) is -1.36. The molecule has 5 nitrogen and oxygen atoms in total. The Kier molecular flexibility index (Phi) is 2.45. The minimum Gasteiger partial charge on any atom is -0.480 e. The second kappa shape index (κ2) is 3.76. The Morgan fingerprint density at radius 2 is 2.27 bits per heavy atom. The van der Waals surface area contributed by atoms with Crippen molar-refractivity contribution in [2.75, 3.05) is 6.54 Å². The molecular formula is C10H12N2O3. The number of carbonyl (C=O) groups is 2. The molecule has 0 aliphatic heterocycles. The quantitative estimate of drug-likeness (QED) is 0.762. The van der Waals surface area contributed by atoms with Gasteiger partial charge in [0.1, 0.15) is 12.2 Å². The molecular weight excluding hydrogens is 196 g/mol. The number of nitrogens with one attached hydrogen (secondary N) is 1. The van der Waals surface area contributed by atoms with Gasteiger partial charge in [-0.1, -0.05) is 0 Å². The van der Waals surface area contributed by atoms with Gasteiger partial charge in [-0.15, -0.1) is 0 Å². The van der Waals surface area contributed by atoms with Gasteiger partial charge in [0.05, 0.1) is 0 Å². The molecule has 80 valence electrons. The van der Waals surface area contributed by atoms with Gasteiger partial charge in [0.25, 0.3) is 5.91 Å². The average Bonchev–Trinajstić information content (AvgIpc) is 2.93. The molecule has 0 aromatic carbocycles. The van der Waals surface area contributed by atoms with Gasteiger partial charge in [-0.05, 0) is 25.0 Å². The van der Waals surface area contributed by atoms with Crippen LogP contribution in [-0.2, 0) is 4.79 Å². The number of amides is 1. The molecule has 1 aliphatic carbocycles. The first-order valence-electron chi connectivity index (χ1n) is 4.85. The lowest BCUT2D eigenvalue weighted by molar-refractivity contribution is -0.135. The summed E-state index contributed by atoms with van der Waals surface area (Å²) in [5, 5.41) is 10.8. The second-order valence-corrected chi connectivity index (χ2v) is 3.61. The Morgan fingerprint density at radius 1 is 1.53 bits per heavy atom. The zero-order valence-electron chi connectivity index (χ0n) is 8.14. The van der Waals surface area contributed by atoms with Gasteiger partial charge in [0.15, 0.2) is 0 Å². The maximum atomic E-state index is 11.6. The van der Waals surface area contributed by atoms with Crippen molar-refractivity contribution >= 4 is 11.9 Å². The van der Waals surface area contributed by atoms with Crippen molar-refractivity contribution in [2.45, 2.75) is 18.9 Å². The van der Waals surface area contributed by atoms with Crippen LogP contribution < -0.4 is 5.32 Å². The highest BCUT2D eigenvalue weighted by Gasteiger charge is 2.26. The Morgan fingerprint density at radius 3 is 2.87 bits per heavy atom. The van der Waals surface area contributed by atoms with E-state index in [9.17, 15) is 9.59 Å². The first kappa shape index (κ1) is 9.76. The van der Waals surface area contributed by atoms with Gasteiger partial charge in [-0.2, -0.15) is 0 Å². The predicted octanol–water partition coefficient (Wildman–Crippen LogP) is 0.637. The Hall–Kier alpha value is -1.78. The van der Waals surface area contributed by atoms with Crippen LogP contribution in [0.5, 0.6) is 0 Å². The summed E-state index contributed by atoms with van der Waals surface area (Å²) in [5.41, 5.74) is 0.541. The molecule has 0 saturated heterocycles. The first-order valence-corrected chi connectivity index (χ1v) is 4.85. The summed E-state index contributed by atoms with van der Waals surface area (Å²) in [6, 6.07) is 3.93. The van der Waals surface area contributed by atoms with Gasteiger partial charge in [0, 0.05) is 12.2 Å². The summed E-state index contributed by atoms with van der Waals surface area (Å²) in [6.45, 7) is -0.339. The van der Waals surface area contributed by atoms with E-state index in [1.165, 1.54) is 0 Å². The van der Waals surface area contributed by atoms with Crippen molar-refractivity contribution in [3.63, 3.8) is 0 Å². The largest absolute Gasteiger partial charge is 0.480 e. The van der Waals surface area contributed by atoms with E-state index in [1.54, 1.807) is 12.1 Å². The third-order valence-electron chi connectivity index (χ3n) is 2.35. The average molecular weight is 208 g/mol. The maximum absolute atomic E-state index is 11.6. The van der Waals surface area contributed by atoms with Crippen LogP contribution in [0.4, 0.5) is 0 Å². The number of rotatable bonds is 4. The fourth-order valence-corrected chi connectivity index (χ4v) is 1.50. The topological polar surface area (TPSA) is 71.3 Å². The lowest BCUT2D eigenvalue weighted by atomic mass is 10.4. The second-order valence-electron chi connectivity index (χ2n) is 3.61. The zero-order chi connectivity index (χ0) is 10.8. The summed E-state index contributed by atoms with van der Waals surface area (Å²) in [4.78, 5) is 21.9. The summed E-state index contributed by atoms with van der Waals surface area (Å²) < 4.78 is 1.90. The zero-order valence-corrected chi connectivity index (χ0v) is 8.14. The molecule has 1 heterocycles. The molecule has 2 rings (SSSR count). The van der Waals surface area contributed by atoms with E-state index in [0.717, 1.165) is 12.8 Å². The molecule has 15 heavy (non-hydrogen) atoms. The summed E-state index contributed by atoms with van der Waals surface area (Å²) >= 11 is 0. The summed E-state index contributed by atoms with van der Waals surface area (Å²) in [6.07, 6.45) is 4.04. The van der Waals surface area contributed by atoms with Crippen LogP contribution in [0.3, 0.4) is 0 Å². The molecule has 0 unspecified atom stereocenters. The van der Waals surface area contributed by atoms with Crippen molar-refractivity contribution < 1.29 is 14.7 Å². The van der Waals surface area contributed by atoms with E-state index in [1.807, 2.05) is 10.8 Å². The molecule has 1 saturated carbocycles. The van der Waals surface area contributed by atoms with Crippen molar-refractivity contribution in [3.8, 4) is 0 Å². The molecule has 2 N–H and O–H groups in total. The van der Waals surface area contributed by atoms with E-state index in [-0.39, 0.29) is 12.5 Å². The van der Waals surface area contributed by atoms with E-state index in [2.05, 4.69) is 5.32 Å². The van der Waals surface area contributed by atoms with Gasteiger partial charge >= 0.3 is 5.97 Å². The Labute approximate surface area is 86.7 Å². The number of carboxylic acids is 1. The van der Waals surface area contributed by atoms with Crippen LogP contribution >= 0.6 is 0 Å². The number of aliphatic carboxylic acids is 1. The lowest BCUT2D eigenvalue weighted by Gasteiger charge is -2.06. The van der Waals surface area contributed by atoms with Crippen LogP contribution in [0.25, 0.3) is 0 Å². The minimum atomic E-state index is -1.03. The van der Waals surface area contributed by atoms with Crippen molar-refractivity contribution in [1.29, 1.82) is 0 Å². The highest BCUT2D eigenvalue weighted by molar-refractivity contribution is 5.94. The highest BCUT2D eigenvalue weighted by Crippen LogP contribution is 2.35. The normalized spacial score (nSPS) is 14.9. The SMILES string of the molecule is O=C(O)CNC(=O)c1cccn1C1CC1. The van der Waals surface area contributed by atoms with Gasteiger partial charge < -0.3 is 15.0 Å². The first-order chi connectivity index (χ1) is 7.18. The van der Waals surface area contributed by atoms with Crippen LogP contribution in [0, 0.1) is 0 Å². The smallest absolute Gasteiger partial charge is 0.322 e. The monoisotopic (exact) mass is 208 g/mol. The standard InChI is InChI=1S/C10H12N2O3/c13-9(14)6-11-10(15)8-2-1-5-12(8)7-3-4-7/h1-2,5,7H,3-4,6H2,(H,11,15)(H,13,14). The molecule has 0 radical (unpaired) electrons. The lowest BCUT2D eigenvalue weighted by Crippen LogP contribution is -2.30. The van der Waals surface area contributed by atoms with E-state index < -0.39 is 5.97 Å². The van der Waals surface area contributed by atoms with Crippen LogP contribution in [0.1, 0.15) is 29.4 Å². The predicted molar refractivity (Wildman–Crippen MR) is 52.7 cm³/mol. The molecule has 1 aromatic heterocycles. The van der Waals surface area contributed by atoms with E-state index in [0.29, 0.717) is 11.7 Å². The maximum Gasteiger partial charge on any atom is 0.322 e. The summed E-state index contributed by atoms with van der Waals surface area (Å²) in [7, 11) is 0. The van der Waals surface area contributed by atoms with Crippen molar-refractivity contribution in [1.82, 2.24) is 9.88 Å². The highest BCUT2D eigenvalue weighted by atomic mass is 16.4. The molecule has 1 aliphatic rings. The number of hydrogen-bond acceptors (Lipinski definition) is 2. The van der Waals surface area contributed by atoms with E-state index in [4.69, 9.17) is 5.11 Å². The fraction of sp³-hybridized carbons (Fsp3) is 0.400. The van der Waals surface area contributed by atoms with Gasteiger partial charge in [-0.25, -0.2) is 0 Å². The van der Waals surface area contributed by atoms with Gasteiger partial charge in [0.2, 0.25) is 0 Å². The molecule has 0 atom stereocenters.